The number of amides is 1. The molecule has 2 aliphatic rings. The van der Waals surface area contributed by atoms with Crippen LogP contribution in [0.3, 0.4) is 0 Å². The van der Waals surface area contributed by atoms with Crippen LogP contribution in [-0.2, 0) is 4.79 Å². The van der Waals surface area contributed by atoms with Crippen LogP contribution in [0, 0.1) is 0 Å². The molecule has 0 aliphatic carbocycles. The topological polar surface area (TPSA) is 53.5 Å². The Morgan fingerprint density at radius 2 is 2.33 bits per heavy atom. The lowest BCUT2D eigenvalue weighted by Gasteiger charge is -2.25. The van der Waals surface area contributed by atoms with Gasteiger partial charge in [-0.3, -0.25) is 9.79 Å². The molecule has 2 N–H and O–H groups in total. The summed E-state index contributed by atoms with van der Waals surface area (Å²) in [6.07, 6.45) is 2.69. The standard InChI is InChI=1S/C10H17N3OS/c1-7-4-5-15-10(12-7)13-8-2-3-9(14)11-6-8/h7-8H,2-6H2,1H3,(H,11,14)(H,12,13). The molecule has 4 nitrogen and oxygen atoms in total. The van der Waals surface area contributed by atoms with E-state index in [0.29, 0.717) is 19.0 Å². The Morgan fingerprint density at radius 3 is 3.00 bits per heavy atom. The van der Waals surface area contributed by atoms with Crippen molar-refractivity contribution in [2.45, 2.75) is 38.3 Å². The highest BCUT2D eigenvalue weighted by Crippen LogP contribution is 2.16. The summed E-state index contributed by atoms with van der Waals surface area (Å²) in [4.78, 5) is 15.6. The average Bonchev–Trinajstić information content (AvgIpc) is 2.22. The molecule has 0 aromatic carbocycles. The molecule has 2 rings (SSSR count). The van der Waals surface area contributed by atoms with Crippen molar-refractivity contribution in [3.05, 3.63) is 0 Å². The van der Waals surface area contributed by atoms with E-state index in [1.165, 1.54) is 6.42 Å². The second-order valence-electron chi connectivity index (χ2n) is 4.11. The van der Waals surface area contributed by atoms with Gasteiger partial charge in [-0.2, -0.15) is 0 Å². The van der Waals surface area contributed by atoms with Gasteiger partial charge in [0.25, 0.3) is 0 Å². The van der Waals surface area contributed by atoms with E-state index in [-0.39, 0.29) is 11.9 Å². The van der Waals surface area contributed by atoms with Crippen molar-refractivity contribution in [3.8, 4) is 0 Å². The van der Waals surface area contributed by atoms with Crippen LogP contribution >= 0.6 is 11.8 Å². The van der Waals surface area contributed by atoms with E-state index in [4.69, 9.17) is 0 Å². The number of nitrogens with zero attached hydrogens (tertiary/aromatic N) is 1. The van der Waals surface area contributed by atoms with Crippen molar-refractivity contribution in [1.29, 1.82) is 0 Å². The number of carbonyl (C=O) groups is 1. The number of amidine groups is 1. The Hall–Kier alpha value is -0.710. The lowest BCUT2D eigenvalue weighted by molar-refractivity contribution is -0.122. The predicted octanol–water partition coefficient (Wildman–Crippen LogP) is 0.736. The fraction of sp³-hybridized carbons (Fsp3) is 0.800. The van der Waals surface area contributed by atoms with Gasteiger partial charge >= 0.3 is 0 Å². The number of carbonyl (C=O) groups excluding carboxylic acids is 1. The summed E-state index contributed by atoms with van der Waals surface area (Å²) in [6.45, 7) is 2.87. The van der Waals surface area contributed by atoms with Gasteiger partial charge in [0.05, 0.1) is 6.04 Å². The first-order chi connectivity index (χ1) is 7.24. The zero-order chi connectivity index (χ0) is 10.7. The first-order valence-electron chi connectivity index (χ1n) is 5.48. The van der Waals surface area contributed by atoms with Gasteiger partial charge in [0.15, 0.2) is 5.17 Å². The van der Waals surface area contributed by atoms with Crippen LogP contribution in [-0.4, -0.2) is 35.5 Å². The Kier molecular flexibility index (Phi) is 3.51. The third kappa shape index (κ3) is 3.12. The van der Waals surface area contributed by atoms with E-state index in [0.717, 1.165) is 17.3 Å². The molecule has 2 unspecified atom stereocenters. The van der Waals surface area contributed by atoms with E-state index in [9.17, 15) is 4.79 Å². The lowest BCUT2D eigenvalue weighted by atomic mass is 10.1. The first-order valence-corrected chi connectivity index (χ1v) is 6.46. The third-order valence-electron chi connectivity index (χ3n) is 2.70. The molecule has 0 spiro atoms. The third-order valence-corrected chi connectivity index (χ3v) is 3.64. The normalized spacial score (nSPS) is 34.7. The van der Waals surface area contributed by atoms with E-state index in [1.54, 1.807) is 11.8 Å². The second-order valence-corrected chi connectivity index (χ2v) is 5.20. The summed E-state index contributed by atoms with van der Waals surface area (Å²) >= 11 is 1.79. The minimum Gasteiger partial charge on any atom is -0.362 e. The van der Waals surface area contributed by atoms with Crippen molar-refractivity contribution in [1.82, 2.24) is 10.6 Å². The van der Waals surface area contributed by atoms with Crippen molar-refractivity contribution < 1.29 is 4.79 Å². The predicted molar refractivity (Wildman–Crippen MR) is 63.1 cm³/mol. The van der Waals surface area contributed by atoms with Crippen LogP contribution in [0.5, 0.6) is 0 Å². The fourth-order valence-electron chi connectivity index (χ4n) is 1.73. The molecule has 84 valence electrons. The van der Waals surface area contributed by atoms with Crippen LogP contribution in [0.4, 0.5) is 0 Å². The van der Waals surface area contributed by atoms with Crippen LogP contribution < -0.4 is 10.6 Å². The van der Waals surface area contributed by atoms with Crippen LogP contribution in [0.25, 0.3) is 0 Å². The van der Waals surface area contributed by atoms with Crippen molar-refractivity contribution in [2.24, 2.45) is 4.99 Å². The summed E-state index contributed by atoms with van der Waals surface area (Å²) in [6, 6.07) is 0.797. The van der Waals surface area contributed by atoms with Crippen molar-refractivity contribution in [3.63, 3.8) is 0 Å². The SMILES string of the molecule is CC1CCSC(=NC2CCC(=O)NC2)N1. The Labute approximate surface area is 94.3 Å². The quantitative estimate of drug-likeness (QED) is 0.694. The van der Waals surface area contributed by atoms with Crippen LogP contribution in [0.15, 0.2) is 4.99 Å². The molecule has 2 atom stereocenters. The summed E-state index contributed by atoms with van der Waals surface area (Å²) < 4.78 is 0. The van der Waals surface area contributed by atoms with Gasteiger partial charge in [-0.25, -0.2) is 0 Å². The zero-order valence-electron chi connectivity index (χ0n) is 8.95. The number of piperidine rings is 1. The number of thioether (sulfide) groups is 1. The minimum atomic E-state index is 0.157. The van der Waals surface area contributed by atoms with Gasteiger partial charge in [-0.15, -0.1) is 0 Å². The average molecular weight is 227 g/mol. The highest BCUT2D eigenvalue weighted by atomic mass is 32.2. The van der Waals surface area contributed by atoms with Gasteiger partial charge in [0.2, 0.25) is 5.91 Å². The molecule has 2 fully saturated rings. The Balaban J connectivity index is 1.88. The molecule has 0 aromatic rings. The number of hydrogen-bond donors (Lipinski definition) is 2. The summed E-state index contributed by atoms with van der Waals surface area (Å²) in [5, 5.41) is 7.28. The molecule has 15 heavy (non-hydrogen) atoms. The van der Waals surface area contributed by atoms with Crippen LogP contribution in [0.1, 0.15) is 26.2 Å². The van der Waals surface area contributed by atoms with Crippen molar-refractivity contribution >= 4 is 22.8 Å². The van der Waals surface area contributed by atoms with E-state index in [2.05, 4.69) is 22.5 Å². The summed E-state index contributed by atoms with van der Waals surface area (Å²) in [7, 11) is 0. The van der Waals surface area contributed by atoms with Gasteiger partial charge in [0.1, 0.15) is 0 Å². The maximum absolute atomic E-state index is 11.0. The van der Waals surface area contributed by atoms with Gasteiger partial charge in [0, 0.05) is 24.8 Å². The largest absolute Gasteiger partial charge is 0.362 e. The summed E-state index contributed by atoms with van der Waals surface area (Å²) in [5.41, 5.74) is 0. The van der Waals surface area contributed by atoms with Gasteiger partial charge in [-0.05, 0) is 19.8 Å². The van der Waals surface area contributed by atoms with E-state index < -0.39 is 0 Å². The molecule has 0 saturated carbocycles. The Morgan fingerprint density at radius 1 is 1.47 bits per heavy atom. The molecular formula is C10H17N3OS. The molecule has 1 amide bonds. The molecule has 2 saturated heterocycles. The zero-order valence-corrected chi connectivity index (χ0v) is 9.77. The molecule has 5 heteroatoms. The molecular weight excluding hydrogens is 210 g/mol. The number of aliphatic imine (C=N–C) groups is 1. The maximum Gasteiger partial charge on any atom is 0.220 e. The maximum atomic E-state index is 11.0. The fourth-order valence-corrected chi connectivity index (χ4v) is 2.90. The van der Waals surface area contributed by atoms with Gasteiger partial charge in [-0.1, -0.05) is 11.8 Å². The molecule has 2 aliphatic heterocycles. The van der Waals surface area contributed by atoms with Crippen LogP contribution in [0.2, 0.25) is 0 Å². The van der Waals surface area contributed by atoms with Gasteiger partial charge < -0.3 is 10.6 Å². The molecule has 0 bridgehead atoms. The smallest absolute Gasteiger partial charge is 0.220 e. The number of nitrogens with one attached hydrogen (secondary N) is 2. The Bertz CT molecular complexity index is 270. The highest BCUT2D eigenvalue weighted by Gasteiger charge is 2.19. The molecule has 2 heterocycles. The molecule has 0 radical (unpaired) electrons. The second kappa shape index (κ2) is 4.88. The summed E-state index contributed by atoms with van der Waals surface area (Å²) in [5.74, 6) is 1.30. The lowest BCUT2D eigenvalue weighted by Crippen LogP contribution is -2.40. The van der Waals surface area contributed by atoms with Crippen molar-refractivity contribution in [2.75, 3.05) is 12.3 Å². The van der Waals surface area contributed by atoms with E-state index >= 15 is 0 Å². The minimum absolute atomic E-state index is 0.157. The highest BCUT2D eigenvalue weighted by molar-refractivity contribution is 8.13. The molecule has 0 aromatic heterocycles. The monoisotopic (exact) mass is 227 g/mol. The van der Waals surface area contributed by atoms with E-state index in [1.807, 2.05) is 0 Å². The number of rotatable bonds is 1. The number of hydrogen-bond acceptors (Lipinski definition) is 3. The first kappa shape index (κ1) is 10.8.